The number of para-hydroxylation sites is 1. The maximum atomic E-state index is 12.0. The molecule has 0 atom stereocenters. The first-order valence-corrected chi connectivity index (χ1v) is 7.74. The molecular formula is C16H22N4O. The molecule has 0 bridgehead atoms. The Bertz CT molecular complexity index is 601. The number of aromatic nitrogens is 2. The number of aromatic amines is 1. The molecular weight excluding hydrogens is 264 g/mol. The fraction of sp³-hybridized carbons (Fsp3) is 0.500. The van der Waals surface area contributed by atoms with E-state index >= 15 is 0 Å². The molecule has 2 N–H and O–H groups in total. The molecule has 1 aliphatic heterocycles. The van der Waals surface area contributed by atoms with Crippen LogP contribution in [0, 0.1) is 0 Å². The summed E-state index contributed by atoms with van der Waals surface area (Å²) in [5.41, 5.74) is 1.80. The number of H-pyrrole nitrogens is 1. The summed E-state index contributed by atoms with van der Waals surface area (Å²) in [5, 5.41) is 11.2. The van der Waals surface area contributed by atoms with E-state index < -0.39 is 0 Å². The maximum Gasteiger partial charge on any atom is 0.226 e. The summed E-state index contributed by atoms with van der Waals surface area (Å²) in [5.74, 6) is 0.0569. The number of amides is 1. The lowest BCUT2D eigenvalue weighted by atomic mass is 10.1. The van der Waals surface area contributed by atoms with Gasteiger partial charge in [0.25, 0.3) is 0 Å². The number of nitrogens with one attached hydrogen (secondary N) is 2. The Kier molecular flexibility index (Phi) is 4.50. The maximum absolute atomic E-state index is 12.0. The molecule has 0 aliphatic carbocycles. The summed E-state index contributed by atoms with van der Waals surface area (Å²) in [7, 11) is 0. The highest BCUT2D eigenvalue weighted by Gasteiger charge is 2.11. The van der Waals surface area contributed by atoms with Gasteiger partial charge in [0.15, 0.2) is 0 Å². The minimum absolute atomic E-state index is 0.0569. The van der Waals surface area contributed by atoms with Gasteiger partial charge < -0.3 is 10.2 Å². The second-order valence-electron chi connectivity index (χ2n) is 5.65. The van der Waals surface area contributed by atoms with E-state index in [-0.39, 0.29) is 5.91 Å². The lowest BCUT2D eigenvalue weighted by Crippen LogP contribution is -2.38. The van der Waals surface area contributed by atoms with E-state index in [0.29, 0.717) is 6.42 Å². The Morgan fingerprint density at radius 2 is 2.05 bits per heavy atom. The number of benzene rings is 1. The van der Waals surface area contributed by atoms with E-state index in [1.165, 1.54) is 32.4 Å². The molecule has 5 nitrogen and oxygen atoms in total. The molecule has 0 unspecified atom stereocenters. The molecule has 5 heteroatoms. The average Bonchev–Trinajstić information content (AvgIpc) is 2.92. The van der Waals surface area contributed by atoms with Gasteiger partial charge in [0.05, 0.1) is 17.6 Å². The molecule has 1 aromatic heterocycles. The lowest BCUT2D eigenvalue weighted by molar-refractivity contribution is -0.120. The van der Waals surface area contributed by atoms with Gasteiger partial charge in [0.2, 0.25) is 5.91 Å². The van der Waals surface area contributed by atoms with Gasteiger partial charge in [-0.25, -0.2) is 0 Å². The van der Waals surface area contributed by atoms with Crippen molar-refractivity contribution in [3.63, 3.8) is 0 Å². The van der Waals surface area contributed by atoms with Crippen LogP contribution in [0.1, 0.15) is 25.0 Å². The first-order chi connectivity index (χ1) is 10.3. The number of fused-ring (bicyclic) bond motifs is 1. The zero-order chi connectivity index (χ0) is 14.5. The van der Waals surface area contributed by atoms with Crippen molar-refractivity contribution in [1.82, 2.24) is 20.4 Å². The van der Waals surface area contributed by atoms with E-state index in [2.05, 4.69) is 20.4 Å². The molecule has 1 saturated heterocycles. The van der Waals surface area contributed by atoms with E-state index in [0.717, 1.165) is 29.7 Å². The van der Waals surface area contributed by atoms with Crippen LogP contribution in [0.15, 0.2) is 24.3 Å². The highest BCUT2D eigenvalue weighted by molar-refractivity contribution is 5.87. The van der Waals surface area contributed by atoms with Crippen LogP contribution in [0.5, 0.6) is 0 Å². The number of carbonyl (C=O) groups is 1. The number of hydrogen-bond acceptors (Lipinski definition) is 3. The molecule has 112 valence electrons. The molecule has 2 heterocycles. The van der Waals surface area contributed by atoms with Crippen molar-refractivity contribution >= 4 is 16.8 Å². The SMILES string of the molecule is O=C(Cc1[nH]nc2ccccc12)NCCN1CCCCC1. The van der Waals surface area contributed by atoms with Crippen LogP contribution in [-0.4, -0.2) is 47.2 Å². The van der Waals surface area contributed by atoms with Gasteiger partial charge >= 0.3 is 0 Å². The lowest BCUT2D eigenvalue weighted by Gasteiger charge is -2.26. The van der Waals surface area contributed by atoms with E-state index in [9.17, 15) is 4.79 Å². The van der Waals surface area contributed by atoms with Crippen molar-refractivity contribution < 1.29 is 4.79 Å². The number of rotatable bonds is 5. The third kappa shape index (κ3) is 3.61. The summed E-state index contributed by atoms with van der Waals surface area (Å²) < 4.78 is 0. The summed E-state index contributed by atoms with van der Waals surface area (Å²) in [4.78, 5) is 14.4. The standard InChI is InChI=1S/C16H22N4O/c21-16(17-8-11-20-9-4-1-5-10-20)12-15-13-6-2-3-7-14(13)18-19-15/h2-3,6-7H,1,4-5,8-12H2,(H,17,21)(H,18,19). The smallest absolute Gasteiger partial charge is 0.226 e. The van der Waals surface area contributed by atoms with Crippen molar-refractivity contribution in [1.29, 1.82) is 0 Å². The zero-order valence-corrected chi connectivity index (χ0v) is 12.3. The fourth-order valence-corrected chi connectivity index (χ4v) is 2.91. The molecule has 0 spiro atoms. The highest BCUT2D eigenvalue weighted by atomic mass is 16.1. The molecule has 21 heavy (non-hydrogen) atoms. The molecule has 2 aromatic rings. The predicted octanol–water partition coefficient (Wildman–Crippen LogP) is 1.71. The van der Waals surface area contributed by atoms with Gasteiger partial charge in [-0.15, -0.1) is 0 Å². The van der Waals surface area contributed by atoms with Gasteiger partial charge in [-0.3, -0.25) is 9.89 Å². The molecule has 1 fully saturated rings. The van der Waals surface area contributed by atoms with Crippen LogP contribution in [0.3, 0.4) is 0 Å². The second-order valence-corrected chi connectivity index (χ2v) is 5.65. The van der Waals surface area contributed by atoms with Crippen molar-refractivity contribution in [2.75, 3.05) is 26.2 Å². The van der Waals surface area contributed by atoms with Crippen LogP contribution in [0.2, 0.25) is 0 Å². The topological polar surface area (TPSA) is 61.0 Å². The summed E-state index contributed by atoms with van der Waals surface area (Å²) in [6.07, 6.45) is 4.28. The van der Waals surface area contributed by atoms with Crippen molar-refractivity contribution in [2.45, 2.75) is 25.7 Å². The first kappa shape index (κ1) is 14.1. The molecule has 0 saturated carbocycles. The van der Waals surface area contributed by atoms with Gasteiger partial charge in [-0.05, 0) is 32.0 Å². The number of piperidine rings is 1. The highest BCUT2D eigenvalue weighted by Crippen LogP contribution is 2.15. The number of likely N-dealkylation sites (tertiary alicyclic amines) is 1. The van der Waals surface area contributed by atoms with Gasteiger partial charge in [-0.1, -0.05) is 24.6 Å². The van der Waals surface area contributed by atoms with Crippen LogP contribution >= 0.6 is 0 Å². The second kappa shape index (κ2) is 6.72. The largest absolute Gasteiger partial charge is 0.354 e. The van der Waals surface area contributed by atoms with Crippen LogP contribution < -0.4 is 5.32 Å². The Labute approximate surface area is 124 Å². The monoisotopic (exact) mass is 286 g/mol. The minimum Gasteiger partial charge on any atom is -0.354 e. The molecule has 1 amide bonds. The first-order valence-electron chi connectivity index (χ1n) is 7.74. The normalized spacial score (nSPS) is 16.2. The van der Waals surface area contributed by atoms with Crippen LogP contribution in [0.4, 0.5) is 0 Å². The van der Waals surface area contributed by atoms with E-state index in [1.807, 2.05) is 24.3 Å². The molecule has 1 aliphatic rings. The van der Waals surface area contributed by atoms with Crippen molar-refractivity contribution in [3.05, 3.63) is 30.0 Å². The average molecular weight is 286 g/mol. The zero-order valence-electron chi connectivity index (χ0n) is 12.3. The van der Waals surface area contributed by atoms with Gasteiger partial charge in [-0.2, -0.15) is 5.10 Å². The van der Waals surface area contributed by atoms with Crippen molar-refractivity contribution in [3.8, 4) is 0 Å². The third-order valence-electron chi connectivity index (χ3n) is 4.08. The number of carbonyl (C=O) groups excluding carboxylic acids is 1. The minimum atomic E-state index is 0.0569. The number of hydrogen-bond donors (Lipinski definition) is 2. The van der Waals surface area contributed by atoms with Crippen LogP contribution in [-0.2, 0) is 11.2 Å². The number of nitrogens with zero attached hydrogens (tertiary/aromatic N) is 2. The predicted molar refractivity (Wildman–Crippen MR) is 83.1 cm³/mol. The van der Waals surface area contributed by atoms with Crippen molar-refractivity contribution in [2.24, 2.45) is 0 Å². The quantitative estimate of drug-likeness (QED) is 0.879. The van der Waals surface area contributed by atoms with Crippen LogP contribution in [0.25, 0.3) is 10.9 Å². The fourth-order valence-electron chi connectivity index (χ4n) is 2.91. The molecule has 1 aromatic carbocycles. The molecule has 3 rings (SSSR count). The third-order valence-corrected chi connectivity index (χ3v) is 4.08. The Morgan fingerprint density at radius 1 is 1.24 bits per heavy atom. The summed E-state index contributed by atoms with van der Waals surface area (Å²) >= 11 is 0. The Morgan fingerprint density at radius 3 is 2.90 bits per heavy atom. The van der Waals surface area contributed by atoms with E-state index in [4.69, 9.17) is 0 Å². The Hall–Kier alpha value is -1.88. The summed E-state index contributed by atoms with van der Waals surface area (Å²) in [6, 6.07) is 7.86. The van der Waals surface area contributed by atoms with E-state index in [1.54, 1.807) is 0 Å². The van der Waals surface area contributed by atoms with Gasteiger partial charge in [0, 0.05) is 18.5 Å². The Balaban J connectivity index is 1.47. The summed E-state index contributed by atoms with van der Waals surface area (Å²) in [6.45, 7) is 4.02. The molecule has 0 radical (unpaired) electrons. The van der Waals surface area contributed by atoms with Gasteiger partial charge in [0.1, 0.15) is 0 Å².